The van der Waals surface area contributed by atoms with E-state index in [4.69, 9.17) is 16.3 Å². The Morgan fingerprint density at radius 1 is 1.14 bits per heavy atom. The molecule has 1 saturated heterocycles. The lowest BCUT2D eigenvalue weighted by atomic mass is 9.76. The second-order valence-electron chi connectivity index (χ2n) is 12.4. The van der Waals surface area contributed by atoms with Gasteiger partial charge >= 0.3 is 6.09 Å². The number of benzene rings is 2. The standard InChI is InChI=1S/C33H40ClFIN3O5/c1-32(2,24-11-7-12-25(34)18-24)28(22-10-6-13-26(35)16-22)44-31(43)39-33(36,19-21-8-4-3-5-9-21)30(42)38-27(20-40)17-23-14-15-37-29(23)41/h6-7,10-13,16,18,20-21,23,27-28H,3-5,8-9,14-15,17,19H2,1-2H3,(H,37,41)(H,38,42)(H,39,43)/t23-,27-,28?,33?/m0/s1. The topological polar surface area (TPSA) is 114 Å². The number of carbonyl (C=O) groups is 4. The van der Waals surface area contributed by atoms with Gasteiger partial charge in [-0.15, -0.1) is 0 Å². The van der Waals surface area contributed by atoms with Crippen LogP contribution in [0.4, 0.5) is 9.18 Å². The van der Waals surface area contributed by atoms with Gasteiger partial charge in [0.2, 0.25) is 5.91 Å². The maximum atomic E-state index is 14.4. The number of alkyl halides is 1. The van der Waals surface area contributed by atoms with Crippen LogP contribution in [-0.2, 0) is 24.5 Å². The molecule has 0 spiro atoms. The lowest BCUT2D eigenvalue weighted by molar-refractivity contribution is -0.128. The van der Waals surface area contributed by atoms with E-state index in [2.05, 4.69) is 16.0 Å². The van der Waals surface area contributed by atoms with Gasteiger partial charge in [-0.25, -0.2) is 9.18 Å². The zero-order valence-electron chi connectivity index (χ0n) is 25.0. The van der Waals surface area contributed by atoms with Gasteiger partial charge < -0.3 is 20.2 Å². The first-order valence-corrected chi connectivity index (χ1v) is 16.6. The van der Waals surface area contributed by atoms with Crippen molar-refractivity contribution < 1.29 is 28.3 Å². The van der Waals surface area contributed by atoms with Gasteiger partial charge in [-0.05, 0) is 83.2 Å². The van der Waals surface area contributed by atoms with E-state index in [0.717, 1.165) is 37.7 Å². The van der Waals surface area contributed by atoms with E-state index in [1.54, 1.807) is 30.3 Å². The monoisotopic (exact) mass is 739 g/mol. The molecule has 1 aliphatic carbocycles. The van der Waals surface area contributed by atoms with E-state index >= 15 is 0 Å². The molecule has 2 aromatic carbocycles. The molecule has 1 aliphatic heterocycles. The third-order valence-electron chi connectivity index (χ3n) is 8.74. The van der Waals surface area contributed by atoms with Gasteiger partial charge in [0.25, 0.3) is 5.91 Å². The zero-order chi connectivity index (χ0) is 31.9. The smallest absolute Gasteiger partial charge is 0.409 e. The van der Waals surface area contributed by atoms with Crippen molar-refractivity contribution in [3.05, 3.63) is 70.5 Å². The van der Waals surface area contributed by atoms with E-state index in [9.17, 15) is 23.6 Å². The molecular weight excluding hydrogens is 700 g/mol. The van der Waals surface area contributed by atoms with E-state index in [-0.39, 0.29) is 24.2 Å². The number of nitrogens with one attached hydrogen (secondary N) is 3. The normalized spacial score (nSPS) is 20.1. The van der Waals surface area contributed by atoms with Crippen molar-refractivity contribution in [3.63, 3.8) is 0 Å². The molecule has 238 valence electrons. The molecule has 0 aromatic heterocycles. The van der Waals surface area contributed by atoms with Gasteiger partial charge in [-0.3, -0.25) is 14.9 Å². The highest BCUT2D eigenvalue weighted by Crippen LogP contribution is 2.41. The Morgan fingerprint density at radius 2 is 1.86 bits per heavy atom. The molecule has 1 saturated carbocycles. The third-order valence-corrected chi connectivity index (χ3v) is 10.2. The van der Waals surface area contributed by atoms with Crippen LogP contribution in [0.3, 0.4) is 0 Å². The van der Waals surface area contributed by atoms with Gasteiger partial charge in [-0.1, -0.05) is 81.8 Å². The molecule has 0 radical (unpaired) electrons. The van der Waals surface area contributed by atoms with E-state index in [0.29, 0.717) is 36.3 Å². The Hall–Kier alpha value is -2.73. The number of hydrogen-bond acceptors (Lipinski definition) is 5. The van der Waals surface area contributed by atoms with Crippen LogP contribution in [0.15, 0.2) is 48.5 Å². The highest BCUT2D eigenvalue weighted by atomic mass is 127. The van der Waals surface area contributed by atoms with Crippen molar-refractivity contribution in [2.24, 2.45) is 11.8 Å². The first kappa shape index (κ1) is 34.1. The molecule has 3 amide bonds. The van der Waals surface area contributed by atoms with Crippen molar-refractivity contribution >= 4 is 58.4 Å². The minimum absolute atomic E-state index is 0.138. The summed E-state index contributed by atoms with van der Waals surface area (Å²) < 4.78 is 19.0. The fourth-order valence-corrected chi connectivity index (χ4v) is 7.43. The molecule has 4 rings (SSSR count). The maximum Gasteiger partial charge on any atom is 0.409 e. The lowest BCUT2D eigenvalue weighted by Gasteiger charge is -2.37. The minimum atomic E-state index is -1.44. The summed E-state index contributed by atoms with van der Waals surface area (Å²) in [6.45, 7) is 4.29. The Labute approximate surface area is 276 Å². The number of amides is 3. The predicted molar refractivity (Wildman–Crippen MR) is 175 cm³/mol. The summed E-state index contributed by atoms with van der Waals surface area (Å²) in [4.78, 5) is 51.7. The van der Waals surface area contributed by atoms with Gasteiger partial charge in [0, 0.05) is 22.9 Å². The molecular formula is C33H40ClFIN3O5. The van der Waals surface area contributed by atoms with Gasteiger partial charge in [0.15, 0.2) is 3.55 Å². The number of ether oxygens (including phenoxy) is 1. The number of hydrogen-bond donors (Lipinski definition) is 3. The summed E-state index contributed by atoms with van der Waals surface area (Å²) in [5.74, 6) is -1.34. The second kappa shape index (κ2) is 15.0. The molecule has 2 fully saturated rings. The summed E-state index contributed by atoms with van der Waals surface area (Å²) >= 11 is 8.23. The fraction of sp³-hybridized carbons (Fsp3) is 0.515. The molecule has 11 heteroatoms. The largest absolute Gasteiger partial charge is 0.440 e. The molecule has 8 nitrogen and oxygen atoms in total. The summed E-state index contributed by atoms with van der Waals surface area (Å²) in [5.41, 5.74) is 0.370. The number of rotatable bonds is 12. The van der Waals surface area contributed by atoms with Crippen LogP contribution in [0.5, 0.6) is 0 Å². The molecule has 4 atom stereocenters. The molecule has 44 heavy (non-hydrogen) atoms. The Bertz CT molecular complexity index is 1350. The average molecular weight is 740 g/mol. The molecule has 2 aliphatic rings. The van der Waals surface area contributed by atoms with E-state index in [1.807, 2.05) is 42.5 Å². The van der Waals surface area contributed by atoms with Gasteiger partial charge in [-0.2, -0.15) is 0 Å². The quantitative estimate of drug-likeness (QED) is 0.0992. The van der Waals surface area contributed by atoms with Crippen molar-refractivity contribution in [2.75, 3.05) is 6.54 Å². The van der Waals surface area contributed by atoms with Crippen LogP contribution in [0.1, 0.15) is 82.4 Å². The molecule has 3 N–H and O–H groups in total. The number of alkyl carbamates (subject to hydrolysis) is 1. The Balaban J connectivity index is 1.59. The summed E-state index contributed by atoms with van der Waals surface area (Å²) in [7, 11) is 0. The maximum absolute atomic E-state index is 14.4. The summed E-state index contributed by atoms with van der Waals surface area (Å²) in [6.07, 6.45) is 4.97. The van der Waals surface area contributed by atoms with Gasteiger partial charge in [0.1, 0.15) is 18.2 Å². The Morgan fingerprint density at radius 3 is 2.50 bits per heavy atom. The van der Waals surface area contributed by atoms with E-state index in [1.165, 1.54) is 12.1 Å². The number of halogens is 3. The molecule has 2 aromatic rings. The highest BCUT2D eigenvalue weighted by molar-refractivity contribution is 14.1. The molecule has 0 bridgehead atoms. The summed E-state index contributed by atoms with van der Waals surface area (Å²) in [6, 6.07) is 12.2. The van der Waals surface area contributed by atoms with Gasteiger partial charge in [0.05, 0.1) is 6.04 Å². The second-order valence-corrected chi connectivity index (χ2v) is 14.7. The fourth-order valence-electron chi connectivity index (χ4n) is 6.24. The van der Waals surface area contributed by atoms with Crippen molar-refractivity contribution in [2.45, 2.75) is 86.3 Å². The van der Waals surface area contributed by atoms with Crippen LogP contribution in [0, 0.1) is 17.7 Å². The Kier molecular flexibility index (Phi) is 11.7. The van der Waals surface area contributed by atoms with Crippen molar-refractivity contribution in [3.8, 4) is 0 Å². The van der Waals surface area contributed by atoms with Crippen LogP contribution < -0.4 is 16.0 Å². The average Bonchev–Trinajstić information content (AvgIpc) is 3.39. The molecule has 1 heterocycles. The van der Waals surface area contributed by atoms with Crippen molar-refractivity contribution in [1.82, 2.24) is 16.0 Å². The summed E-state index contributed by atoms with van der Waals surface area (Å²) in [5, 5.41) is 8.86. The van der Waals surface area contributed by atoms with E-state index < -0.39 is 38.9 Å². The van der Waals surface area contributed by atoms with Crippen LogP contribution in [0.25, 0.3) is 0 Å². The number of aldehydes is 1. The van der Waals surface area contributed by atoms with Crippen LogP contribution in [0.2, 0.25) is 5.02 Å². The first-order valence-electron chi connectivity index (χ1n) is 15.1. The van der Waals surface area contributed by atoms with Crippen molar-refractivity contribution in [1.29, 1.82) is 0 Å². The lowest BCUT2D eigenvalue weighted by Crippen LogP contribution is -2.58. The SMILES string of the molecule is CC(C)(c1cccc(Cl)c1)C(OC(=O)NC(I)(CC1CCCCC1)C(=O)N[C@H](C=O)C[C@@H]1CCNC1=O)c1cccc(F)c1. The zero-order valence-corrected chi connectivity index (χ0v) is 28.0. The van der Waals surface area contributed by atoms with Crippen LogP contribution in [-0.4, -0.2) is 40.3 Å². The molecule has 2 unspecified atom stereocenters. The first-order chi connectivity index (χ1) is 20.9. The third kappa shape index (κ3) is 8.71. The minimum Gasteiger partial charge on any atom is -0.440 e. The predicted octanol–water partition coefficient (Wildman–Crippen LogP) is 6.54. The number of carbonyl (C=O) groups excluding carboxylic acids is 4. The highest BCUT2D eigenvalue weighted by Gasteiger charge is 2.43. The van der Waals surface area contributed by atoms with Crippen LogP contribution >= 0.6 is 34.2 Å².